The number of aryl methyl sites for hydroxylation is 1. The Bertz CT molecular complexity index is 1340. The van der Waals surface area contributed by atoms with Crippen LogP contribution in [0, 0.1) is 12.7 Å². The SMILES string of the molecule is Cc1ccc(C2=C(c3ccc(F)cc3)CN(C(=O)Nc3ccc(Oc4ccc(Cl)cc4)cc3)N2)cc1. The van der Waals surface area contributed by atoms with Gasteiger partial charge in [0.05, 0.1) is 12.2 Å². The van der Waals surface area contributed by atoms with Gasteiger partial charge < -0.3 is 10.1 Å². The van der Waals surface area contributed by atoms with E-state index in [9.17, 15) is 9.18 Å². The van der Waals surface area contributed by atoms with Crippen molar-refractivity contribution < 1.29 is 13.9 Å². The number of rotatable bonds is 5. The van der Waals surface area contributed by atoms with Crippen LogP contribution in [0.15, 0.2) is 97.1 Å². The minimum atomic E-state index is -0.317. The number of hydrogen-bond acceptors (Lipinski definition) is 3. The van der Waals surface area contributed by atoms with Gasteiger partial charge in [0.1, 0.15) is 17.3 Å². The normalized spacial score (nSPS) is 12.9. The van der Waals surface area contributed by atoms with Crippen molar-refractivity contribution in [2.24, 2.45) is 0 Å². The Labute approximate surface area is 213 Å². The number of amides is 2. The first-order valence-corrected chi connectivity index (χ1v) is 11.8. The highest BCUT2D eigenvalue weighted by Gasteiger charge is 2.27. The smallest absolute Gasteiger partial charge is 0.340 e. The van der Waals surface area contributed by atoms with E-state index in [1.54, 1.807) is 60.7 Å². The Kier molecular flexibility index (Phi) is 6.60. The van der Waals surface area contributed by atoms with E-state index in [0.29, 0.717) is 28.8 Å². The molecule has 1 aliphatic rings. The molecule has 0 aliphatic carbocycles. The number of benzene rings is 4. The zero-order valence-corrected chi connectivity index (χ0v) is 20.2. The van der Waals surface area contributed by atoms with E-state index in [1.165, 1.54) is 17.1 Å². The number of nitrogens with one attached hydrogen (secondary N) is 2. The van der Waals surface area contributed by atoms with Gasteiger partial charge in [-0.3, -0.25) is 5.43 Å². The van der Waals surface area contributed by atoms with Crippen molar-refractivity contribution >= 4 is 34.6 Å². The number of carbonyl (C=O) groups excluding carboxylic acids is 1. The average Bonchev–Trinajstić information content (AvgIpc) is 3.33. The van der Waals surface area contributed by atoms with Gasteiger partial charge in [-0.15, -0.1) is 0 Å². The number of carbonyl (C=O) groups is 1. The molecule has 0 saturated carbocycles. The van der Waals surface area contributed by atoms with Crippen LogP contribution < -0.4 is 15.5 Å². The van der Waals surface area contributed by atoms with Crippen LogP contribution in [0.3, 0.4) is 0 Å². The van der Waals surface area contributed by atoms with Crippen molar-refractivity contribution in [2.45, 2.75) is 6.92 Å². The predicted octanol–water partition coefficient (Wildman–Crippen LogP) is 7.50. The van der Waals surface area contributed by atoms with Crippen molar-refractivity contribution in [2.75, 3.05) is 11.9 Å². The lowest BCUT2D eigenvalue weighted by Crippen LogP contribution is -2.40. The number of nitrogens with zero attached hydrogens (tertiary/aromatic N) is 1. The summed E-state index contributed by atoms with van der Waals surface area (Å²) in [6.45, 7) is 2.34. The second-order valence-corrected chi connectivity index (χ2v) is 8.87. The van der Waals surface area contributed by atoms with Crippen LogP contribution >= 0.6 is 11.6 Å². The molecule has 0 aromatic heterocycles. The molecule has 0 saturated heterocycles. The molecule has 4 aromatic rings. The molecule has 0 bridgehead atoms. The fraction of sp³-hybridized carbons (Fsp3) is 0.0690. The van der Waals surface area contributed by atoms with Crippen LogP contribution in [0.2, 0.25) is 5.02 Å². The highest BCUT2D eigenvalue weighted by atomic mass is 35.5. The fourth-order valence-corrected chi connectivity index (χ4v) is 4.01. The van der Waals surface area contributed by atoms with Crippen LogP contribution in [0.5, 0.6) is 11.5 Å². The maximum atomic E-state index is 13.5. The Hall–Kier alpha value is -4.29. The average molecular weight is 500 g/mol. The van der Waals surface area contributed by atoms with E-state index in [-0.39, 0.29) is 11.8 Å². The molecule has 0 atom stereocenters. The number of halogens is 2. The number of urea groups is 1. The predicted molar refractivity (Wildman–Crippen MR) is 141 cm³/mol. The number of ether oxygens (including phenoxy) is 1. The number of anilines is 1. The molecule has 2 amide bonds. The van der Waals surface area contributed by atoms with Crippen LogP contribution in [0.25, 0.3) is 11.3 Å². The van der Waals surface area contributed by atoms with Crippen molar-refractivity contribution in [3.8, 4) is 11.5 Å². The molecular weight excluding hydrogens is 477 g/mol. The van der Waals surface area contributed by atoms with Crippen LogP contribution in [0.1, 0.15) is 16.7 Å². The molecule has 36 heavy (non-hydrogen) atoms. The summed E-state index contributed by atoms with van der Waals surface area (Å²) in [4.78, 5) is 13.1. The lowest BCUT2D eigenvalue weighted by molar-refractivity contribution is 0.210. The molecule has 1 aliphatic heterocycles. The molecule has 5 rings (SSSR count). The van der Waals surface area contributed by atoms with Crippen LogP contribution in [0.4, 0.5) is 14.9 Å². The lowest BCUT2D eigenvalue weighted by atomic mass is 10.00. The van der Waals surface area contributed by atoms with Gasteiger partial charge in [-0.05, 0) is 78.7 Å². The van der Waals surface area contributed by atoms with Gasteiger partial charge in [0.2, 0.25) is 0 Å². The summed E-state index contributed by atoms with van der Waals surface area (Å²) in [7, 11) is 0. The number of hydrogen-bond donors (Lipinski definition) is 2. The van der Waals surface area contributed by atoms with Crippen molar-refractivity contribution in [1.82, 2.24) is 10.4 Å². The molecule has 0 spiro atoms. The Morgan fingerprint density at radius 3 is 2.08 bits per heavy atom. The molecule has 5 nitrogen and oxygen atoms in total. The summed E-state index contributed by atoms with van der Waals surface area (Å²) in [5.41, 5.74) is 8.49. The third kappa shape index (κ3) is 5.34. The molecule has 0 radical (unpaired) electrons. The Morgan fingerprint density at radius 2 is 1.44 bits per heavy atom. The van der Waals surface area contributed by atoms with E-state index >= 15 is 0 Å². The van der Waals surface area contributed by atoms with Crippen molar-refractivity contribution in [3.05, 3.63) is 125 Å². The van der Waals surface area contributed by atoms with Gasteiger partial charge in [0, 0.05) is 16.3 Å². The minimum Gasteiger partial charge on any atom is -0.457 e. The third-order valence-corrected chi connectivity index (χ3v) is 6.05. The molecule has 180 valence electrons. The molecule has 0 unspecified atom stereocenters. The maximum absolute atomic E-state index is 13.5. The third-order valence-electron chi connectivity index (χ3n) is 5.80. The van der Waals surface area contributed by atoms with Gasteiger partial charge in [-0.1, -0.05) is 53.6 Å². The Morgan fingerprint density at radius 1 is 0.861 bits per heavy atom. The highest BCUT2D eigenvalue weighted by Crippen LogP contribution is 2.31. The van der Waals surface area contributed by atoms with E-state index in [0.717, 1.165) is 28.0 Å². The van der Waals surface area contributed by atoms with Gasteiger partial charge >= 0.3 is 6.03 Å². The largest absolute Gasteiger partial charge is 0.457 e. The molecule has 2 N–H and O–H groups in total. The first-order valence-electron chi connectivity index (χ1n) is 11.4. The highest BCUT2D eigenvalue weighted by molar-refractivity contribution is 6.30. The Balaban J connectivity index is 1.30. The maximum Gasteiger partial charge on any atom is 0.340 e. The van der Waals surface area contributed by atoms with Crippen LogP contribution in [-0.4, -0.2) is 17.6 Å². The summed E-state index contributed by atoms with van der Waals surface area (Å²) in [5.74, 6) is 0.998. The van der Waals surface area contributed by atoms with E-state index in [4.69, 9.17) is 16.3 Å². The van der Waals surface area contributed by atoms with E-state index < -0.39 is 0 Å². The molecule has 1 heterocycles. The van der Waals surface area contributed by atoms with Crippen LogP contribution in [-0.2, 0) is 0 Å². The van der Waals surface area contributed by atoms with Gasteiger partial charge in [0.25, 0.3) is 0 Å². The second-order valence-electron chi connectivity index (χ2n) is 8.43. The minimum absolute atomic E-state index is 0.305. The molecule has 0 fully saturated rings. The first kappa shape index (κ1) is 23.5. The van der Waals surface area contributed by atoms with Crippen molar-refractivity contribution in [3.63, 3.8) is 0 Å². The van der Waals surface area contributed by atoms with E-state index in [2.05, 4.69) is 10.7 Å². The summed E-state index contributed by atoms with van der Waals surface area (Å²) in [6, 6.07) is 28.2. The molecule has 7 heteroatoms. The standard InChI is InChI=1S/C29H23ClFN3O2/c1-19-2-4-21(5-3-19)28-27(20-6-10-23(31)11-7-20)18-34(33-28)29(35)32-24-12-16-26(17-13-24)36-25-14-8-22(30)9-15-25/h2-17,33H,18H2,1H3,(H,32,35). The summed E-state index contributed by atoms with van der Waals surface area (Å²) < 4.78 is 19.3. The van der Waals surface area contributed by atoms with Crippen molar-refractivity contribution in [1.29, 1.82) is 0 Å². The zero-order chi connectivity index (χ0) is 25.1. The molecular formula is C29H23ClFN3O2. The summed E-state index contributed by atoms with van der Waals surface area (Å²) in [5, 5.41) is 5.05. The first-order chi connectivity index (χ1) is 17.4. The second kappa shape index (κ2) is 10.1. The van der Waals surface area contributed by atoms with Gasteiger partial charge in [-0.2, -0.15) is 0 Å². The van der Waals surface area contributed by atoms with Gasteiger partial charge in [-0.25, -0.2) is 14.2 Å². The summed E-state index contributed by atoms with van der Waals surface area (Å²) >= 11 is 5.91. The zero-order valence-electron chi connectivity index (χ0n) is 19.5. The number of hydrazine groups is 1. The lowest BCUT2D eigenvalue weighted by Gasteiger charge is -2.19. The van der Waals surface area contributed by atoms with E-state index in [1.807, 2.05) is 31.2 Å². The monoisotopic (exact) mass is 499 g/mol. The topological polar surface area (TPSA) is 53.6 Å². The van der Waals surface area contributed by atoms with Gasteiger partial charge in [0.15, 0.2) is 0 Å². The fourth-order valence-electron chi connectivity index (χ4n) is 3.88. The molecule has 4 aromatic carbocycles. The summed E-state index contributed by atoms with van der Waals surface area (Å²) in [6.07, 6.45) is 0. The quantitative estimate of drug-likeness (QED) is 0.299.